The van der Waals surface area contributed by atoms with Crippen molar-refractivity contribution in [1.29, 1.82) is 0 Å². The first-order valence-electron chi connectivity index (χ1n) is 9.05. The van der Waals surface area contributed by atoms with Crippen LogP contribution in [0, 0.1) is 5.92 Å². The highest BCUT2D eigenvalue weighted by Crippen LogP contribution is 2.47. The van der Waals surface area contributed by atoms with Gasteiger partial charge in [0.1, 0.15) is 0 Å². The topological polar surface area (TPSA) is 9.23 Å². The Morgan fingerprint density at radius 2 is 1.91 bits per heavy atom. The Morgan fingerprint density at radius 3 is 2.55 bits per heavy atom. The Labute approximate surface area is 144 Å². The van der Waals surface area contributed by atoms with E-state index in [-0.39, 0.29) is 5.60 Å². The summed E-state index contributed by atoms with van der Waals surface area (Å²) in [5.41, 5.74) is 1.67. The molecule has 2 saturated heterocycles. The van der Waals surface area contributed by atoms with Gasteiger partial charge in [-0.05, 0) is 62.3 Å². The van der Waals surface area contributed by atoms with E-state index in [0.29, 0.717) is 12.0 Å². The molecule has 1 aromatic rings. The van der Waals surface area contributed by atoms with E-state index < -0.39 is 0 Å². The Bertz CT molecular complexity index is 450. The lowest BCUT2D eigenvalue weighted by molar-refractivity contribution is -0.183. The molecule has 2 aliphatic heterocycles. The molecule has 2 unspecified atom stereocenters. The summed E-state index contributed by atoms with van der Waals surface area (Å²) in [6, 6.07) is 11.1. The average molecular weight is 365 g/mol. The summed E-state index contributed by atoms with van der Waals surface area (Å²) in [5, 5.41) is 1.01. The normalized spacial score (nSPS) is 32.1. The van der Waals surface area contributed by atoms with Gasteiger partial charge in [0.05, 0.1) is 11.7 Å². The van der Waals surface area contributed by atoms with Crippen molar-refractivity contribution in [2.24, 2.45) is 5.92 Å². The zero-order valence-electron chi connectivity index (χ0n) is 13.8. The highest BCUT2D eigenvalue weighted by atomic mass is 79.9. The summed E-state index contributed by atoms with van der Waals surface area (Å²) in [6.07, 6.45) is 10.8. The monoisotopic (exact) mass is 364 g/mol. The van der Waals surface area contributed by atoms with E-state index in [1.165, 1.54) is 56.9 Å². The summed E-state index contributed by atoms with van der Waals surface area (Å²) in [6.45, 7) is 2.30. The SMILES string of the molecule is CCCC(CCC1OC2(CBr)CCC1CC2)c1ccccc1. The summed E-state index contributed by atoms with van der Waals surface area (Å²) in [5.74, 6) is 1.52. The maximum absolute atomic E-state index is 6.54. The number of ether oxygens (including phenoxy) is 1. The van der Waals surface area contributed by atoms with Crippen LogP contribution in [0.3, 0.4) is 0 Å². The number of halogens is 1. The summed E-state index contributed by atoms with van der Waals surface area (Å²) in [4.78, 5) is 0. The second kappa shape index (κ2) is 7.49. The van der Waals surface area contributed by atoms with E-state index in [9.17, 15) is 0 Å². The van der Waals surface area contributed by atoms with E-state index in [4.69, 9.17) is 4.74 Å². The van der Waals surface area contributed by atoms with Gasteiger partial charge in [-0.1, -0.05) is 59.6 Å². The standard InChI is InChI=1S/C20H29BrO/c1-2-6-16(17-7-4-3-5-8-17)9-10-19-18-11-13-20(15-21,22-19)14-12-18/h3-5,7-8,16,18-19H,2,6,9-15H2,1H3. The van der Waals surface area contributed by atoms with Crippen molar-refractivity contribution in [2.75, 3.05) is 5.33 Å². The van der Waals surface area contributed by atoms with Crippen LogP contribution in [-0.2, 0) is 4.74 Å². The van der Waals surface area contributed by atoms with Crippen LogP contribution in [0.4, 0.5) is 0 Å². The molecule has 0 aromatic heterocycles. The van der Waals surface area contributed by atoms with Gasteiger partial charge in [0.2, 0.25) is 0 Å². The molecule has 2 heteroatoms. The third-order valence-electron chi connectivity index (χ3n) is 5.82. The second-order valence-electron chi connectivity index (χ2n) is 7.28. The molecule has 4 rings (SSSR count). The third-order valence-corrected chi connectivity index (χ3v) is 6.84. The molecule has 3 aliphatic rings. The first-order valence-corrected chi connectivity index (χ1v) is 10.2. The first kappa shape index (κ1) is 16.5. The summed E-state index contributed by atoms with van der Waals surface area (Å²) < 4.78 is 6.54. The van der Waals surface area contributed by atoms with Gasteiger partial charge in [-0.3, -0.25) is 0 Å². The van der Waals surface area contributed by atoms with Crippen molar-refractivity contribution >= 4 is 15.9 Å². The lowest BCUT2D eigenvalue weighted by atomic mass is 9.72. The van der Waals surface area contributed by atoms with Gasteiger partial charge in [-0.2, -0.15) is 0 Å². The highest BCUT2D eigenvalue weighted by Gasteiger charge is 2.45. The second-order valence-corrected chi connectivity index (χ2v) is 7.84. The summed E-state index contributed by atoms with van der Waals surface area (Å²) in [7, 11) is 0. The third kappa shape index (κ3) is 3.59. The average Bonchev–Trinajstić information content (AvgIpc) is 2.60. The molecule has 122 valence electrons. The minimum absolute atomic E-state index is 0.159. The van der Waals surface area contributed by atoms with Crippen LogP contribution in [0.2, 0.25) is 0 Å². The molecule has 1 aliphatic carbocycles. The molecule has 1 aromatic carbocycles. The lowest BCUT2D eigenvalue weighted by Gasteiger charge is -2.50. The van der Waals surface area contributed by atoms with Gasteiger partial charge in [-0.25, -0.2) is 0 Å². The van der Waals surface area contributed by atoms with Crippen LogP contribution in [0.15, 0.2) is 30.3 Å². The Balaban J connectivity index is 1.61. The molecular weight excluding hydrogens is 336 g/mol. The van der Waals surface area contributed by atoms with Gasteiger partial charge >= 0.3 is 0 Å². The molecule has 0 amide bonds. The molecule has 2 heterocycles. The van der Waals surface area contributed by atoms with Gasteiger partial charge in [0.25, 0.3) is 0 Å². The van der Waals surface area contributed by atoms with E-state index >= 15 is 0 Å². The van der Waals surface area contributed by atoms with Crippen molar-refractivity contribution < 1.29 is 4.74 Å². The van der Waals surface area contributed by atoms with Crippen LogP contribution in [0.25, 0.3) is 0 Å². The molecule has 1 saturated carbocycles. The fourth-order valence-electron chi connectivity index (χ4n) is 4.45. The zero-order chi connectivity index (χ0) is 15.4. The number of hydrogen-bond acceptors (Lipinski definition) is 1. The Morgan fingerprint density at radius 1 is 1.18 bits per heavy atom. The molecule has 22 heavy (non-hydrogen) atoms. The molecule has 2 atom stereocenters. The lowest BCUT2D eigenvalue weighted by Crippen LogP contribution is -2.51. The predicted molar refractivity (Wildman–Crippen MR) is 96.7 cm³/mol. The largest absolute Gasteiger partial charge is 0.371 e. The quantitative estimate of drug-likeness (QED) is 0.533. The van der Waals surface area contributed by atoms with E-state index in [1.807, 2.05) is 0 Å². The molecule has 3 fully saturated rings. The fourth-order valence-corrected chi connectivity index (χ4v) is 5.14. The minimum Gasteiger partial charge on any atom is -0.371 e. The maximum atomic E-state index is 6.54. The van der Waals surface area contributed by atoms with Gasteiger partial charge in [0, 0.05) is 5.33 Å². The van der Waals surface area contributed by atoms with Crippen LogP contribution in [0.1, 0.15) is 69.8 Å². The van der Waals surface area contributed by atoms with E-state index in [0.717, 1.165) is 11.2 Å². The molecule has 0 spiro atoms. The van der Waals surface area contributed by atoms with E-state index in [1.54, 1.807) is 0 Å². The minimum atomic E-state index is 0.159. The molecule has 2 bridgehead atoms. The molecule has 1 nitrogen and oxygen atoms in total. The molecule has 0 radical (unpaired) electrons. The smallest absolute Gasteiger partial charge is 0.0783 e. The van der Waals surface area contributed by atoms with Crippen molar-refractivity contribution in [3.63, 3.8) is 0 Å². The first-order chi connectivity index (χ1) is 10.8. The number of hydrogen-bond donors (Lipinski definition) is 0. The Kier molecular flexibility index (Phi) is 5.62. The predicted octanol–water partition coefficient (Wildman–Crippen LogP) is 6.07. The van der Waals surface area contributed by atoms with Crippen molar-refractivity contribution in [1.82, 2.24) is 0 Å². The fraction of sp³-hybridized carbons (Fsp3) is 0.700. The van der Waals surface area contributed by atoms with Gasteiger partial charge in [-0.15, -0.1) is 0 Å². The highest BCUT2D eigenvalue weighted by molar-refractivity contribution is 9.09. The van der Waals surface area contributed by atoms with Gasteiger partial charge < -0.3 is 4.74 Å². The number of benzene rings is 1. The van der Waals surface area contributed by atoms with Crippen molar-refractivity contribution in [3.05, 3.63) is 35.9 Å². The Hall–Kier alpha value is -0.340. The zero-order valence-corrected chi connectivity index (χ0v) is 15.4. The van der Waals surface area contributed by atoms with Crippen LogP contribution in [0.5, 0.6) is 0 Å². The van der Waals surface area contributed by atoms with Crippen LogP contribution < -0.4 is 0 Å². The molecular formula is C20H29BrO. The summed E-state index contributed by atoms with van der Waals surface area (Å²) >= 11 is 3.70. The molecule has 0 N–H and O–H groups in total. The van der Waals surface area contributed by atoms with Gasteiger partial charge in [0.15, 0.2) is 0 Å². The number of fused-ring (bicyclic) bond motifs is 3. The van der Waals surface area contributed by atoms with Crippen molar-refractivity contribution in [2.45, 2.75) is 75.9 Å². The van der Waals surface area contributed by atoms with Crippen molar-refractivity contribution in [3.8, 4) is 0 Å². The van der Waals surface area contributed by atoms with E-state index in [2.05, 4.69) is 53.2 Å². The van der Waals surface area contributed by atoms with Crippen LogP contribution >= 0.6 is 15.9 Å². The number of rotatable bonds is 7. The number of alkyl halides is 1. The van der Waals surface area contributed by atoms with Crippen LogP contribution in [-0.4, -0.2) is 17.0 Å². The maximum Gasteiger partial charge on any atom is 0.0783 e.